The summed E-state index contributed by atoms with van der Waals surface area (Å²) in [5.41, 5.74) is 3.87. The normalized spacial score (nSPS) is 22.2. The van der Waals surface area contributed by atoms with Crippen LogP contribution in [0.25, 0.3) is 5.69 Å². The number of carbonyl (C=O) groups is 1. The summed E-state index contributed by atoms with van der Waals surface area (Å²) in [4.78, 5) is 12.8. The largest absolute Gasteiger partial charge is 0.379 e. The van der Waals surface area contributed by atoms with E-state index in [9.17, 15) is 4.79 Å². The van der Waals surface area contributed by atoms with Crippen LogP contribution in [-0.2, 0) is 20.7 Å². The number of hydrogen-bond donors (Lipinski definition) is 1. The van der Waals surface area contributed by atoms with Crippen molar-refractivity contribution in [1.82, 2.24) is 15.1 Å². The Bertz CT molecular complexity index is 814. The van der Waals surface area contributed by atoms with E-state index in [0.29, 0.717) is 25.6 Å². The second-order valence-corrected chi connectivity index (χ2v) is 7.93. The van der Waals surface area contributed by atoms with Crippen molar-refractivity contribution in [3.05, 3.63) is 47.3 Å². The van der Waals surface area contributed by atoms with Crippen molar-refractivity contribution in [2.75, 3.05) is 19.8 Å². The lowest BCUT2D eigenvalue weighted by atomic mass is 10.0. The molecule has 1 aliphatic carbocycles. The molecule has 0 radical (unpaired) electrons. The number of carbonyl (C=O) groups excluding carboxylic acids is 1. The molecule has 0 bridgehead atoms. The van der Waals surface area contributed by atoms with E-state index in [0.717, 1.165) is 35.7 Å². The van der Waals surface area contributed by atoms with E-state index >= 15 is 0 Å². The smallest absolute Gasteiger partial charge is 0.224 e. The minimum Gasteiger partial charge on any atom is -0.379 e. The van der Waals surface area contributed by atoms with E-state index < -0.39 is 0 Å². The third-order valence-electron chi connectivity index (χ3n) is 5.66. The first kappa shape index (κ1) is 19.2. The fourth-order valence-corrected chi connectivity index (χ4v) is 3.77. The lowest BCUT2D eigenvalue weighted by Gasteiger charge is -2.32. The Hall–Kier alpha value is -2.18. The summed E-state index contributed by atoms with van der Waals surface area (Å²) in [6.07, 6.45) is 3.74. The molecule has 28 heavy (non-hydrogen) atoms. The van der Waals surface area contributed by atoms with E-state index in [1.165, 1.54) is 12.8 Å². The Labute approximate surface area is 166 Å². The zero-order valence-corrected chi connectivity index (χ0v) is 16.7. The van der Waals surface area contributed by atoms with Gasteiger partial charge in [-0.2, -0.15) is 5.10 Å². The van der Waals surface area contributed by atoms with Crippen LogP contribution in [0.15, 0.2) is 30.3 Å². The SMILES string of the molecule is Cc1nn(-c2ccccc2)c(C)c1CC(=O)NC1COCCC1OCC1CC1. The van der Waals surface area contributed by atoms with Crippen LogP contribution in [0.3, 0.4) is 0 Å². The van der Waals surface area contributed by atoms with Gasteiger partial charge in [0.25, 0.3) is 0 Å². The van der Waals surface area contributed by atoms with Crippen LogP contribution in [0.5, 0.6) is 0 Å². The van der Waals surface area contributed by atoms with Crippen molar-refractivity contribution in [2.45, 2.75) is 51.7 Å². The summed E-state index contributed by atoms with van der Waals surface area (Å²) in [5, 5.41) is 7.78. The Morgan fingerprint density at radius 3 is 2.79 bits per heavy atom. The highest BCUT2D eigenvalue weighted by Crippen LogP contribution is 2.30. The second kappa shape index (κ2) is 8.45. The molecule has 150 valence electrons. The van der Waals surface area contributed by atoms with Gasteiger partial charge in [0, 0.05) is 24.5 Å². The molecule has 1 aromatic carbocycles. The summed E-state index contributed by atoms with van der Waals surface area (Å²) in [5.74, 6) is 0.711. The van der Waals surface area contributed by atoms with Gasteiger partial charge in [-0.3, -0.25) is 4.79 Å². The average Bonchev–Trinajstić information content (AvgIpc) is 3.50. The number of aryl methyl sites for hydroxylation is 1. The fourth-order valence-electron chi connectivity index (χ4n) is 3.77. The number of aromatic nitrogens is 2. The standard InChI is InChI=1S/C22H29N3O3/c1-15-19(16(2)25(24-15)18-6-4-3-5-7-18)12-22(26)23-20-14-27-11-10-21(20)28-13-17-8-9-17/h3-7,17,20-21H,8-14H2,1-2H3,(H,23,26). The van der Waals surface area contributed by atoms with Crippen LogP contribution in [0.2, 0.25) is 0 Å². The van der Waals surface area contributed by atoms with Crippen LogP contribution in [0.1, 0.15) is 36.2 Å². The van der Waals surface area contributed by atoms with Gasteiger partial charge in [0.1, 0.15) is 0 Å². The van der Waals surface area contributed by atoms with Crippen molar-refractivity contribution in [2.24, 2.45) is 5.92 Å². The molecule has 2 aromatic rings. The van der Waals surface area contributed by atoms with Crippen LogP contribution < -0.4 is 5.32 Å². The Morgan fingerprint density at radius 1 is 1.25 bits per heavy atom. The van der Waals surface area contributed by atoms with Gasteiger partial charge in [-0.1, -0.05) is 18.2 Å². The molecule has 1 N–H and O–H groups in total. The first-order valence-electron chi connectivity index (χ1n) is 10.2. The van der Waals surface area contributed by atoms with Crippen molar-refractivity contribution in [1.29, 1.82) is 0 Å². The maximum absolute atomic E-state index is 12.8. The molecule has 6 nitrogen and oxygen atoms in total. The number of ether oxygens (including phenoxy) is 2. The summed E-state index contributed by atoms with van der Waals surface area (Å²) in [7, 11) is 0. The molecule has 6 heteroatoms. The topological polar surface area (TPSA) is 65.4 Å². The Balaban J connectivity index is 1.41. The lowest BCUT2D eigenvalue weighted by molar-refractivity contribution is -0.125. The van der Waals surface area contributed by atoms with Gasteiger partial charge in [-0.25, -0.2) is 4.68 Å². The molecule has 1 amide bonds. The molecule has 1 aliphatic heterocycles. The highest BCUT2D eigenvalue weighted by atomic mass is 16.5. The van der Waals surface area contributed by atoms with Crippen LogP contribution >= 0.6 is 0 Å². The van der Waals surface area contributed by atoms with E-state index in [2.05, 4.69) is 10.4 Å². The summed E-state index contributed by atoms with van der Waals surface area (Å²) in [6.45, 7) is 5.99. The fraction of sp³-hybridized carbons (Fsp3) is 0.545. The van der Waals surface area contributed by atoms with Gasteiger partial charge in [0.05, 0.1) is 36.6 Å². The Kier molecular flexibility index (Phi) is 5.78. The van der Waals surface area contributed by atoms with Crippen molar-refractivity contribution in [3.8, 4) is 5.69 Å². The zero-order valence-electron chi connectivity index (χ0n) is 16.7. The second-order valence-electron chi connectivity index (χ2n) is 7.93. The number of amides is 1. The van der Waals surface area contributed by atoms with Crippen LogP contribution in [-0.4, -0.2) is 47.7 Å². The molecule has 4 rings (SSSR count). The number of nitrogens with one attached hydrogen (secondary N) is 1. The first-order valence-corrected chi connectivity index (χ1v) is 10.2. The molecule has 1 saturated heterocycles. The van der Waals surface area contributed by atoms with E-state index in [1.54, 1.807) is 0 Å². The van der Waals surface area contributed by atoms with Gasteiger partial charge < -0.3 is 14.8 Å². The third-order valence-corrected chi connectivity index (χ3v) is 5.66. The third kappa shape index (κ3) is 4.45. The van der Waals surface area contributed by atoms with Crippen molar-refractivity contribution in [3.63, 3.8) is 0 Å². The molecule has 0 spiro atoms. The number of nitrogens with zero attached hydrogens (tertiary/aromatic N) is 2. The Morgan fingerprint density at radius 2 is 2.04 bits per heavy atom. The maximum Gasteiger partial charge on any atom is 0.224 e. The minimum atomic E-state index is -0.0789. The van der Waals surface area contributed by atoms with Crippen LogP contribution in [0.4, 0.5) is 0 Å². The first-order chi connectivity index (χ1) is 13.6. The molecule has 2 fully saturated rings. The highest BCUT2D eigenvalue weighted by Gasteiger charge is 2.31. The summed E-state index contributed by atoms with van der Waals surface area (Å²) < 4.78 is 13.6. The molecule has 2 unspecified atom stereocenters. The summed E-state index contributed by atoms with van der Waals surface area (Å²) >= 11 is 0. The van der Waals surface area contributed by atoms with E-state index in [-0.39, 0.29) is 18.1 Å². The monoisotopic (exact) mass is 383 g/mol. The number of rotatable bonds is 7. The molecule has 2 aliphatic rings. The zero-order chi connectivity index (χ0) is 19.5. The van der Waals surface area contributed by atoms with Gasteiger partial charge in [0.2, 0.25) is 5.91 Å². The number of para-hydroxylation sites is 1. The molecule has 1 saturated carbocycles. The summed E-state index contributed by atoms with van der Waals surface area (Å²) in [6, 6.07) is 9.92. The molecule has 2 atom stereocenters. The van der Waals surface area contributed by atoms with E-state index in [4.69, 9.17) is 9.47 Å². The van der Waals surface area contributed by atoms with Crippen molar-refractivity contribution >= 4 is 5.91 Å². The van der Waals surface area contributed by atoms with Crippen LogP contribution in [0, 0.1) is 19.8 Å². The average molecular weight is 383 g/mol. The molecular weight excluding hydrogens is 354 g/mol. The maximum atomic E-state index is 12.8. The molecule has 2 heterocycles. The number of hydrogen-bond acceptors (Lipinski definition) is 4. The lowest BCUT2D eigenvalue weighted by Crippen LogP contribution is -2.51. The highest BCUT2D eigenvalue weighted by molar-refractivity contribution is 5.79. The van der Waals surface area contributed by atoms with Gasteiger partial charge >= 0.3 is 0 Å². The quantitative estimate of drug-likeness (QED) is 0.798. The molecule has 1 aromatic heterocycles. The van der Waals surface area contributed by atoms with Gasteiger partial charge in [-0.05, 0) is 51.2 Å². The molecular formula is C22H29N3O3. The van der Waals surface area contributed by atoms with Gasteiger partial charge in [-0.15, -0.1) is 0 Å². The van der Waals surface area contributed by atoms with Gasteiger partial charge in [0.15, 0.2) is 0 Å². The predicted octanol–water partition coefficient (Wildman–Crippen LogP) is 2.73. The van der Waals surface area contributed by atoms with E-state index in [1.807, 2.05) is 48.9 Å². The number of benzene rings is 1. The predicted molar refractivity (Wildman–Crippen MR) is 107 cm³/mol. The van der Waals surface area contributed by atoms with Crippen molar-refractivity contribution < 1.29 is 14.3 Å². The minimum absolute atomic E-state index is 0.00525.